The molecule has 140 valence electrons. The number of aliphatic hydroxyl groups is 1. The van der Waals surface area contributed by atoms with Crippen molar-refractivity contribution in [1.82, 2.24) is 4.98 Å². The number of unbranched alkanes of at least 4 members (excludes halogenated alkanes) is 3. The lowest BCUT2D eigenvalue weighted by atomic mass is 10.1. The molecule has 0 fully saturated rings. The third-order valence-electron chi connectivity index (χ3n) is 3.71. The number of ether oxygens (including phenoxy) is 2. The van der Waals surface area contributed by atoms with Crippen molar-refractivity contribution in [3.63, 3.8) is 0 Å². The minimum absolute atomic E-state index is 0.142. The molecule has 0 amide bonds. The number of carboxylic acids is 1. The smallest absolute Gasteiger partial charge is 0.303 e. The Kier molecular flexibility index (Phi) is 10.3. The molecule has 0 spiro atoms. The SMILES string of the molecule is CCCCCC(O)C=Cc1cc(OC)c(OCCCCC(=O)O)cn1. The molecular weight excluding hydrogens is 322 g/mol. The quantitative estimate of drug-likeness (QED) is 0.527. The topological polar surface area (TPSA) is 88.9 Å². The Morgan fingerprint density at radius 3 is 2.76 bits per heavy atom. The van der Waals surface area contributed by atoms with Crippen LogP contribution in [0, 0.1) is 0 Å². The van der Waals surface area contributed by atoms with Crippen molar-refractivity contribution in [1.29, 1.82) is 0 Å². The van der Waals surface area contributed by atoms with Gasteiger partial charge in [0.25, 0.3) is 0 Å². The number of rotatable bonds is 13. The van der Waals surface area contributed by atoms with Crippen LogP contribution in [0.5, 0.6) is 11.5 Å². The summed E-state index contributed by atoms with van der Waals surface area (Å²) in [5.41, 5.74) is 0.685. The number of carbonyl (C=O) groups is 1. The molecule has 0 aliphatic rings. The molecule has 0 saturated heterocycles. The lowest BCUT2D eigenvalue weighted by Gasteiger charge is -2.10. The number of nitrogens with zero attached hydrogens (tertiary/aromatic N) is 1. The van der Waals surface area contributed by atoms with E-state index in [-0.39, 0.29) is 6.42 Å². The van der Waals surface area contributed by atoms with Crippen LogP contribution in [0.2, 0.25) is 0 Å². The molecule has 0 aliphatic carbocycles. The first-order valence-electron chi connectivity index (χ1n) is 8.81. The third kappa shape index (κ3) is 9.10. The number of hydrogen-bond donors (Lipinski definition) is 2. The van der Waals surface area contributed by atoms with Crippen LogP contribution in [0.1, 0.15) is 57.6 Å². The fourth-order valence-corrected chi connectivity index (χ4v) is 2.27. The summed E-state index contributed by atoms with van der Waals surface area (Å²) in [6, 6.07) is 1.75. The average molecular weight is 351 g/mol. The number of pyridine rings is 1. The van der Waals surface area contributed by atoms with Crippen molar-refractivity contribution in [3.05, 3.63) is 24.0 Å². The van der Waals surface area contributed by atoms with E-state index in [1.165, 1.54) is 0 Å². The fraction of sp³-hybridized carbons (Fsp3) is 0.579. The molecule has 0 aromatic carbocycles. The third-order valence-corrected chi connectivity index (χ3v) is 3.71. The van der Waals surface area contributed by atoms with Gasteiger partial charge in [-0.15, -0.1) is 0 Å². The van der Waals surface area contributed by atoms with E-state index in [0.717, 1.165) is 25.7 Å². The van der Waals surface area contributed by atoms with Crippen LogP contribution >= 0.6 is 0 Å². The molecule has 1 heterocycles. The molecule has 1 atom stereocenters. The predicted molar refractivity (Wildman–Crippen MR) is 97.0 cm³/mol. The summed E-state index contributed by atoms with van der Waals surface area (Å²) in [5, 5.41) is 18.5. The van der Waals surface area contributed by atoms with Crippen LogP contribution in [0.25, 0.3) is 6.08 Å². The zero-order valence-electron chi connectivity index (χ0n) is 15.1. The first-order chi connectivity index (χ1) is 12.1. The lowest BCUT2D eigenvalue weighted by Crippen LogP contribution is -2.03. The molecule has 6 heteroatoms. The first-order valence-corrected chi connectivity index (χ1v) is 8.81. The number of carboxylic acid groups (broad SMARTS) is 1. The van der Waals surface area contributed by atoms with Crippen molar-refractivity contribution in [2.24, 2.45) is 0 Å². The molecule has 0 bridgehead atoms. The highest BCUT2D eigenvalue weighted by Gasteiger charge is 2.07. The Labute approximate surface area is 149 Å². The lowest BCUT2D eigenvalue weighted by molar-refractivity contribution is -0.137. The normalized spacial score (nSPS) is 12.3. The van der Waals surface area contributed by atoms with Gasteiger partial charge in [-0.2, -0.15) is 0 Å². The van der Waals surface area contributed by atoms with Gasteiger partial charge < -0.3 is 19.7 Å². The molecule has 6 nitrogen and oxygen atoms in total. The maximum absolute atomic E-state index is 10.5. The summed E-state index contributed by atoms with van der Waals surface area (Å²) in [5.74, 6) is 0.291. The summed E-state index contributed by atoms with van der Waals surface area (Å²) in [4.78, 5) is 14.7. The highest BCUT2D eigenvalue weighted by Crippen LogP contribution is 2.27. The molecule has 1 rings (SSSR count). The monoisotopic (exact) mass is 351 g/mol. The van der Waals surface area contributed by atoms with E-state index in [2.05, 4.69) is 11.9 Å². The molecule has 2 N–H and O–H groups in total. The van der Waals surface area contributed by atoms with E-state index in [1.54, 1.807) is 31.5 Å². The van der Waals surface area contributed by atoms with E-state index < -0.39 is 12.1 Å². The Balaban J connectivity index is 2.52. The second kappa shape index (κ2) is 12.3. The Morgan fingerprint density at radius 1 is 1.28 bits per heavy atom. The van der Waals surface area contributed by atoms with Crippen LogP contribution in [0.3, 0.4) is 0 Å². The van der Waals surface area contributed by atoms with Gasteiger partial charge in [0.2, 0.25) is 0 Å². The molecule has 1 aromatic heterocycles. The highest BCUT2D eigenvalue weighted by molar-refractivity contribution is 5.66. The molecule has 1 aromatic rings. The van der Waals surface area contributed by atoms with Crippen molar-refractivity contribution in [2.75, 3.05) is 13.7 Å². The van der Waals surface area contributed by atoms with E-state index in [0.29, 0.717) is 36.6 Å². The van der Waals surface area contributed by atoms with E-state index in [4.69, 9.17) is 14.6 Å². The van der Waals surface area contributed by atoms with Gasteiger partial charge in [0.15, 0.2) is 11.5 Å². The summed E-state index contributed by atoms with van der Waals surface area (Å²) in [7, 11) is 1.56. The van der Waals surface area contributed by atoms with Crippen LogP contribution < -0.4 is 9.47 Å². The van der Waals surface area contributed by atoms with Gasteiger partial charge in [-0.25, -0.2) is 0 Å². The Morgan fingerprint density at radius 2 is 2.08 bits per heavy atom. The predicted octanol–water partition coefficient (Wildman–Crippen LogP) is 3.68. The Hall–Kier alpha value is -2.08. The second-order valence-corrected chi connectivity index (χ2v) is 5.88. The maximum atomic E-state index is 10.5. The maximum Gasteiger partial charge on any atom is 0.303 e. The fourth-order valence-electron chi connectivity index (χ4n) is 2.27. The minimum Gasteiger partial charge on any atom is -0.493 e. The molecule has 1 unspecified atom stereocenters. The number of aliphatic carboxylic acids is 1. The Bertz CT molecular complexity index is 545. The largest absolute Gasteiger partial charge is 0.493 e. The van der Waals surface area contributed by atoms with E-state index >= 15 is 0 Å². The summed E-state index contributed by atoms with van der Waals surface area (Å²) < 4.78 is 10.9. The molecule has 0 aliphatic heterocycles. The highest BCUT2D eigenvalue weighted by atomic mass is 16.5. The van der Waals surface area contributed by atoms with Crippen molar-refractivity contribution in [3.8, 4) is 11.5 Å². The molecular formula is C19H29NO5. The second-order valence-electron chi connectivity index (χ2n) is 5.88. The molecule has 0 saturated carbocycles. The number of aliphatic hydroxyl groups excluding tert-OH is 1. The van der Waals surface area contributed by atoms with Gasteiger partial charge in [0, 0.05) is 12.5 Å². The van der Waals surface area contributed by atoms with Crippen molar-refractivity contribution >= 4 is 12.0 Å². The first kappa shape index (κ1) is 21.0. The van der Waals surface area contributed by atoms with Gasteiger partial charge in [0.1, 0.15) is 0 Å². The van der Waals surface area contributed by atoms with Crippen molar-refractivity contribution < 1.29 is 24.5 Å². The zero-order valence-corrected chi connectivity index (χ0v) is 15.1. The van der Waals surface area contributed by atoms with Crippen LogP contribution in [-0.2, 0) is 4.79 Å². The van der Waals surface area contributed by atoms with Crippen LogP contribution in [-0.4, -0.2) is 41.0 Å². The van der Waals surface area contributed by atoms with Crippen molar-refractivity contribution in [2.45, 2.75) is 58.0 Å². The van der Waals surface area contributed by atoms with Gasteiger partial charge in [-0.1, -0.05) is 32.3 Å². The van der Waals surface area contributed by atoms with Crippen LogP contribution in [0.15, 0.2) is 18.3 Å². The summed E-state index contributed by atoms with van der Waals surface area (Å²) >= 11 is 0. The van der Waals surface area contributed by atoms with Gasteiger partial charge in [-0.3, -0.25) is 9.78 Å². The molecule has 25 heavy (non-hydrogen) atoms. The standard InChI is InChI=1S/C19H29NO5/c1-3-4-5-8-16(21)11-10-15-13-17(24-2)18(14-20-15)25-12-7-6-9-19(22)23/h10-11,13-14,16,21H,3-9,12H2,1-2H3,(H,22,23). The summed E-state index contributed by atoms with van der Waals surface area (Å²) in [6.07, 6.45) is 10.0. The minimum atomic E-state index is -0.799. The van der Waals surface area contributed by atoms with E-state index in [9.17, 15) is 9.90 Å². The van der Waals surface area contributed by atoms with Gasteiger partial charge in [-0.05, 0) is 25.3 Å². The number of hydrogen-bond acceptors (Lipinski definition) is 5. The van der Waals surface area contributed by atoms with Gasteiger partial charge in [0.05, 0.1) is 31.7 Å². The van der Waals surface area contributed by atoms with E-state index in [1.807, 2.05) is 0 Å². The van der Waals surface area contributed by atoms with Gasteiger partial charge >= 0.3 is 5.97 Å². The molecule has 0 radical (unpaired) electrons. The van der Waals surface area contributed by atoms with Crippen LogP contribution in [0.4, 0.5) is 0 Å². The average Bonchev–Trinajstić information content (AvgIpc) is 2.60. The zero-order chi connectivity index (χ0) is 18.5. The number of aromatic nitrogens is 1. The number of methoxy groups -OCH3 is 1. The summed E-state index contributed by atoms with van der Waals surface area (Å²) in [6.45, 7) is 2.55.